The fourth-order valence-corrected chi connectivity index (χ4v) is 3.62. The predicted octanol–water partition coefficient (Wildman–Crippen LogP) is 4.85. The van der Waals surface area contributed by atoms with E-state index in [1.165, 1.54) is 38.5 Å². The quantitative estimate of drug-likeness (QED) is 0.206. The van der Waals surface area contributed by atoms with Crippen LogP contribution < -0.4 is 5.32 Å². The number of unbranched alkanes of at least 4 members (excludes halogenated alkanes) is 9. The van der Waals surface area contributed by atoms with E-state index in [0.29, 0.717) is 32.4 Å². The molecule has 0 aliphatic rings. The van der Waals surface area contributed by atoms with Gasteiger partial charge in [-0.3, -0.25) is 9.59 Å². The van der Waals surface area contributed by atoms with Crippen LogP contribution in [0.4, 0.5) is 0 Å². The van der Waals surface area contributed by atoms with Crippen molar-refractivity contribution in [1.29, 1.82) is 0 Å². The monoisotopic (exact) mass is 417 g/mol. The molecule has 0 heterocycles. The first kappa shape index (κ1) is 27.2. The molecular formula is C22H43NO4S. The highest BCUT2D eigenvalue weighted by molar-refractivity contribution is 7.99. The van der Waals surface area contributed by atoms with Crippen LogP contribution in [0.5, 0.6) is 0 Å². The van der Waals surface area contributed by atoms with E-state index in [1.807, 2.05) is 11.8 Å². The van der Waals surface area contributed by atoms with Gasteiger partial charge in [-0.25, -0.2) is 0 Å². The summed E-state index contributed by atoms with van der Waals surface area (Å²) in [4.78, 5) is 23.2. The smallest absolute Gasteiger partial charge is 0.305 e. The second kappa shape index (κ2) is 22.5. The molecule has 0 saturated heterocycles. The Morgan fingerprint density at radius 3 is 2.14 bits per heavy atom. The lowest BCUT2D eigenvalue weighted by Crippen LogP contribution is -2.25. The molecule has 0 aromatic rings. The minimum Gasteiger partial charge on any atom is -0.466 e. The molecule has 6 heteroatoms. The number of hydrogen-bond donors (Lipinski definition) is 2. The summed E-state index contributed by atoms with van der Waals surface area (Å²) in [5.41, 5.74) is 0. The zero-order valence-electron chi connectivity index (χ0n) is 18.0. The van der Waals surface area contributed by atoms with Crippen molar-refractivity contribution in [3.8, 4) is 0 Å². The SMILES string of the molecule is CCCCCC(=O)OCCCNC(=O)CCCCCCCCCCSCCO. The predicted molar refractivity (Wildman–Crippen MR) is 119 cm³/mol. The van der Waals surface area contributed by atoms with Crippen LogP contribution in [-0.4, -0.2) is 48.2 Å². The average Bonchev–Trinajstić information content (AvgIpc) is 2.68. The molecule has 28 heavy (non-hydrogen) atoms. The second-order valence-electron chi connectivity index (χ2n) is 7.30. The third-order valence-corrected chi connectivity index (χ3v) is 5.62. The third-order valence-electron chi connectivity index (χ3n) is 4.57. The number of hydrogen-bond acceptors (Lipinski definition) is 5. The van der Waals surface area contributed by atoms with Crippen LogP contribution in [0.25, 0.3) is 0 Å². The topological polar surface area (TPSA) is 75.6 Å². The van der Waals surface area contributed by atoms with Gasteiger partial charge in [0.25, 0.3) is 0 Å². The number of aliphatic hydroxyl groups excluding tert-OH is 1. The van der Waals surface area contributed by atoms with Gasteiger partial charge in [-0.1, -0.05) is 58.3 Å². The second-order valence-corrected chi connectivity index (χ2v) is 8.52. The zero-order valence-corrected chi connectivity index (χ0v) is 18.8. The van der Waals surface area contributed by atoms with Crippen molar-refractivity contribution in [2.24, 2.45) is 0 Å². The van der Waals surface area contributed by atoms with E-state index in [0.717, 1.165) is 43.6 Å². The summed E-state index contributed by atoms with van der Waals surface area (Å²) >= 11 is 1.83. The van der Waals surface area contributed by atoms with Gasteiger partial charge in [0.1, 0.15) is 0 Å². The molecule has 0 spiro atoms. The van der Waals surface area contributed by atoms with Crippen LogP contribution in [0, 0.1) is 0 Å². The summed E-state index contributed by atoms with van der Waals surface area (Å²) in [7, 11) is 0. The largest absolute Gasteiger partial charge is 0.466 e. The molecule has 0 unspecified atom stereocenters. The van der Waals surface area contributed by atoms with Crippen LogP contribution in [0.1, 0.15) is 96.8 Å². The van der Waals surface area contributed by atoms with E-state index in [-0.39, 0.29) is 18.5 Å². The number of nitrogens with one attached hydrogen (secondary N) is 1. The first-order valence-electron chi connectivity index (χ1n) is 11.3. The fraction of sp³-hybridized carbons (Fsp3) is 0.909. The van der Waals surface area contributed by atoms with Gasteiger partial charge in [0.2, 0.25) is 5.91 Å². The molecule has 0 bridgehead atoms. The van der Waals surface area contributed by atoms with Crippen molar-refractivity contribution in [3.05, 3.63) is 0 Å². The zero-order chi connectivity index (χ0) is 20.7. The Morgan fingerprint density at radius 2 is 1.46 bits per heavy atom. The summed E-state index contributed by atoms with van der Waals surface area (Å²) in [5.74, 6) is 2.01. The standard InChI is InChI=1S/C22H43NO4S/c1-2-3-10-15-22(26)27-18-13-16-23-21(25)14-11-8-6-4-5-7-9-12-19-28-20-17-24/h24H,2-20H2,1H3,(H,23,25). The highest BCUT2D eigenvalue weighted by atomic mass is 32.2. The Morgan fingerprint density at radius 1 is 0.821 bits per heavy atom. The number of ether oxygens (including phenoxy) is 1. The van der Waals surface area contributed by atoms with Gasteiger partial charge in [0.05, 0.1) is 13.2 Å². The Bertz CT molecular complexity index is 366. The van der Waals surface area contributed by atoms with Crippen LogP contribution in [-0.2, 0) is 14.3 Å². The van der Waals surface area contributed by atoms with Crippen LogP contribution in [0.3, 0.4) is 0 Å². The number of thioether (sulfide) groups is 1. The number of aliphatic hydroxyl groups is 1. The van der Waals surface area contributed by atoms with Crippen molar-refractivity contribution < 1.29 is 19.4 Å². The van der Waals surface area contributed by atoms with Crippen molar-refractivity contribution in [2.45, 2.75) is 96.8 Å². The van der Waals surface area contributed by atoms with Crippen molar-refractivity contribution in [2.75, 3.05) is 31.3 Å². The van der Waals surface area contributed by atoms with Crippen molar-refractivity contribution >= 4 is 23.6 Å². The molecule has 5 nitrogen and oxygen atoms in total. The molecule has 0 radical (unpaired) electrons. The summed E-state index contributed by atoms with van der Waals surface area (Å²) in [6.07, 6.45) is 14.5. The van der Waals surface area contributed by atoms with Gasteiger partial charge in [0, 0.05) is 25.1 Å². The van der Waals surface area contributed by atoms with Crippen LogP contribution in [0.2, 0.25) is 0 Å². The lowest BCUT2D eigenvalue weighted by atomic mass is 10.1. The summed E-state index contributed by atoms with van der Waals surface area (Å²) in [6.45, 7) is 3.37. The van der Waals surface area contributed by atoms with Gasteiger partial charge in [-0.2, -0.15) is 11.8 Å². The average molecular weight is 418 g/mol. The molecular weight excluding hydrogens is 374 g/mol. The van der Waals surface area contributed by atoms with Gasteiger partial charge in [-0.15, -0.1) is 0 Å². The molecule has 0 rings (SSSR count). The maximum absolute atomic E-state index is 11.8. The highest BCUT2D eigenvalue weighted by Crippen LogP contribution is 2.11. The van der Waals surface area contributed by atoms with E-state index in [4.69, 9.17) is 9.84 Å². The van der Waals surface area contributed by atoms with Crippen LogP contribution in [0.15, 0.2) is 0 Å². The minimum atomic E-state index is -0.125. The lowest BCUT2D eigenvalue weighted by Gasteiger charge is -2.07. The van der Waals surface area contributed by atoms with E-state index >= 15 is 0 Å². The maximum atomic E-state index is 11.8. The summed E-state index contributed by atoms with van der Waals surface area (Å²) < 4.78 is 5.15. The number of esters is 1. The Labute approximate surface area is 176 Å². The molecule has 0 aromatic heterocycles. The lowest BCUT2D eigenvalue weighted by molar-refractivity contribution is -0.143. The number of carbonyl (C=O) groups is 2. The van der Waals surface area contributed by atoms with Gasteiger partial charge >= 0.3 is 5.97 Å². The first-order valence-corrected chi connectivity index (χ1v) is 12.5. The Balaban J connectivity index is 3.24. The van der Waals surface area contributed by atoms with Gasteiger partial charge < -0.3 is 15.2 Å². The van der Waals surface area contributed by atoms with Crippen LogP contribution >= 0.6 is 11.8 Å². The molecule has 0 saturated carbocycles. The molecule has 0 atom stereocenters. The molecule has 1 amide bonds. The number of amides is 1. The molecule has 0 aliphatic carbocycles. The third kappa shape index (κ3) is 21.5. The molecule has 0 fully saturated rings. The number of carbonyl (C=O) groups excluding carboxylic acids is 2. The highest BCUT2D eigenvalue weighted by Gasteiger charge is 2.03. The van der Waals surface area contributed by atoms with E-state index in [2.05, 4.69) is 12.2 Å². The fourth-order valence-electron chi connectivity index (χ4n) is 2.88. The number of rotatable bonds is 21. The van der Waals surface area contributed by atoms with E-state index in [9.17, 15) is 9.59 Å². The van der Waals surface area contributed by atoms with Crippen molar-refractivity contribution in [3.63, 3.8) is 0 Å². The Kier molecular flexibility index (Phi) is 21.9. The summed E-state index contributed by atoms with van der Waals surface area (Å²) in [5, 5.41) is 11.6. The maximum Gasteiger partial charge on any atom is 0.305 e. The van der Waals surface area contributed by atoms with Gasteiger partial charge in [-0.05, 0) is 31.4 Å². The first-order chi connectivity index (χ1) is 13.7. The van der Waals surface area contributed by atoms with E-state index < -0.39 is 0 Å². The molecule has 0 aliphatic heterocycles. The van der Waals surface area contributed by atoms with Crippen molar-refractivity contribution in [1.82, 2.24) is 5.32 Å². The molecule has 166 valence electrons. The van der Waals surface area contributed by atoms with E-state index in [1.54, 1.807) is 0 Å². The van der Waals surface area contributed by atoms with Gasteiger partial charge in [0.15, 0.2) is 0 Å². The normalized spacial score (nSPS) is 10.8. The Hall–Kier alpha value is -0.750. The summed E-state index contributed by atoms with van der Waals surface area (Å²) in [6, 6.07) is 0. The molecule has 0 aromatic carbocycles. The minimum absolute atomic E-state index is 0.106. The molecule has 2 N–H and O–H groups in total.